The van der Waals surface area contributed by atoms with Gasteiger partial charge in [-0.1, -0.05) is 48.0 Å². The number of benzene rings is 2. The maximum atomic E-state index is 11.8. The molecule has 84 valence electrons. The molecule has 1 unspecified atom stereocenters. The Morgan fingerprint density at radius 2 is 1.88 bits per heavy atom. The summed E-state index contributed by atoms with van der Waals surface area (Å²) in [6.45, 7) is 2.06. The summed E-state index contributed by atoms with van der Waals surface area (Å²) < 4.78 is 0. The molecule has 0 spiro atoms. The van der Waals surface area contributed by atoms with Crippen molar-refractivity contribution in [2.24, 2.45) is 0 Å². The molecule has 1 aliphatic heterocycles. The Balaban J connectivity index is 2.10. The van der Waals surface area contributed by atoms with E-state index >= 15 is 0 Å². The Morgan fingerprint density at radius 3 is 2.71 bits per heavy atom. The average molecular weight is 223 g/mol. The summed E-state index contributed by atoms with van der Waals surface area (Å²) in [5.74, 6) is 0.0205. The van der Waals surface area contributed by atoms with Gasteiger partial charge in [-0.2, -0.15) is 0 Å². The van der Waals surface area contributed by atoms with E-state index in [2.05, 4.69) is 30.4 Å². The van der Waals surface area contributed by atoms with E-state index in [1.807, 2.05) is 30.3 Å². The van der Waals surface area contributed by atoms with Crippen LogP contribution in [0.4, 0.5) is 0 Å². The van der Waals surface area contributed by atoms with Gasteiger partial charge >= 0.3 is 0 Å². The second-order valence-electron chi connectivity index (χ2n) is 4.41. The van der Waals surface area contributed by atoms with Crippen molar-refractivity contribution >= 4 is 5.91 Å². The lowest BCUT2D eigenvalue weighted by Crippen LogP contribution is -2.19. The third-order valence-corrected chi connectivity index (χ3v) is 3.17. The molecular weight excluding hydrogens is 210 g/mol. The number of rotatable bonds is 1. The fourth-order valence-electron chi connectivity index (χ4n) is 2.35. The molecule has 1 atom stereocenters. The van der Waals surface area contributed by atoms with Gasteiger partial charge in [0.05, 0.1) is 6.04 Å². The summed E-state index contributed by atoms with van der Waals surface area (Å²) in [6.07, 6.45) is 0. The van der Waals surface area contributed by atoms with Crippen LogP contribution >= 0.6 is 0 Å². The Morgan fingerprint density at radius 1 is 1.06 bits per heavy atom. The molecule has 0 aliphatic carbocycles. The standard InChI is InChI=1S/C15H13NO/c1-10-5-4-6-11(9-10)14-12-7-2-3-8-13(12)15(17)16-14/h2-9,14H,1H3,(H,16,17). The molecule has 2 nitrogen and oxygen atoms in total. The first-order valence-electron chi connectivity index (χ1n) is 5.72. The van der Waals surface area contributed by atoms with Crippen molar-refractivity contribution in [2.75, 3.05) is 0 Å². The van der Waals surface area contributed by atoms with Crippen LogP contribution in [-0.4, -0.2) is 5.91 Å². The van der Waals surface area contributed by atoms with Gasteiger partial charge in [0, 0.05) is 5.56 Å². The van der Waals surface area contributed by atoms with Crippen molar-refractivity contribution in [3.63, 3.8) is 0 Å². The maximum Gasteiger partial charge on any atom is 0.252 e. The number of carbonyl (C=O) groups is 1. The largest absolute Gasteiger partial charge is 0.341 e. The van der Waals surface area contributed by atoms with Gasteiger partial charge in [-0.25, -0.2) is 0 Å². The van der Waals surface area contributed by atoms with E-state index in [4.69, 9.17) is 0 Å². The van der Waals surface area contributed by atoms with Crippen LogP contribution in [0, 0.1) is 6.92 Å². The third kappa shape index (κ3) is 1.62. The Labute approximate surface area is 100 Å². The van der Waals surface area contributed by atoms with Crippen LogP contribution in [0.15, 0.2) is 48.5 Å². The molecule has 2 aromatic carbocycles. The summed E-state index contributed by atoms with van der Waals surface area (Å²) >= 11 is 0. The highest BCUT2D eigenvalue weighted by Crippen LogP contribution is 2.30. The van der Waals surface area contributed by atoms with Crippen LogP contribution in [0.25, 0.3) is 0 Å². The van der Waals surface area contributed by atoms with Crippen LogP contribution in [0.2, 0.25) is 0 Å². The van der Waals surface area contributed by atoms with Crippen molar-refractivity contribution in [3.05, 3.63) is 70.8 Å². The van der Waals surface area contributed by atoms with Crippen LogP contribution in [0.1, 0.15) is 33.1 Å². The topological polar surface area (TPSA) is 29.1 Å². The number of hydrogen-bond acceptors (Lipinski definition) is 1. The molecule has 3 rings (SSSR count). The van der Waals surface area contributed by atoms with Crippen molar-refractivity contribution in [1.82, 2.24) is 5.32 Å². The SMILES string of the molecule is Cc1cccc(C2NC(=O)c3ccccc32)c1. The normalized spacial score (nSPS) is 17.7. The molecular formula is C15H13NO. The first kappa shape index (κ1) is 10.1. The smallest absolute Gasteiger partial charge is 0.252 e. The predicted octanol–water partition coefficient (Wildman–Crippen LogP) is 2.83. The molecule has 0 saturated carbocycles. The summed E-state index contributed by atoms with van der Waals surface area (Å²) in [4.78, 5) is 11.8. The molecule has 2 heteroatoms. The zero-order valence-electron chi connectivity index (χ0n) is 9.60. The zero-order chi connectivity index (χ0) is 11.8. The summed E-state index contributed by atoms with van der Waals surface area (Å²) in [5, 5.41) is 3.02. The summed E-state index contributed by atoms with van der Waals surface area (Å²) in [7, 11) is 0. The maximum absolute atomic E-state index is 11.8. The fraction of sp³-hybridized carbons (Fsp3) is 0.133. The monoisotopic (exact) mass is 223 g/mol. The number of aryl methyl sites for hydroxylation is 1. The van der Waals surface area contributed by atoms with Gasteiger partial charge < -0.3 is 5.32 Å². The lowest BCUT2D eigenvalue weighted by molar-refractivity contribution is 0.0960. The number of amides is 1. The molecule has 0 saturated heterocycles. The highest BCUT2D eigenvalue weighted by Gasteiger charge is 2.28. The van der Waals surface area contributed by atoms with E-state index in [1.54, 1.807) is 0 Å². The van der Waals surface area contributed by atoms with Gasteiger partial charge in [-0.3, -0.25) is 4.79 Å². The summed E-state index contributed by atoms with van der Waals surface area (Å²) in [5.41, 5.74) is 4.21. The summed E-state index contributed by atoms with van der Waals surface area (Å²) in [6, 6.07) is 16.0. The zero-order valence-corrected chi connectivity index (χ0v) is 9.60. The van der Waals surface area contributed by atoms with Gasteiger partial charge in [0.2, 0.25) is 0 Å². The quantitative estimate of drug-likeness (QED) is 0.791. The lowest BCUT2D eigenvalue weighted by atomic mass is 9.97. The Hall–Kier alpha value is -2.09. The van der Waals surface area contributed by atoms with E-state index in [0.717, 1.165) is 16.7 Å². The predicted molar refractivity (Wildman–Crippen MR) is 66.9 cm³/mol. The van der Waals surface area contributed by atoms with Crippen molar-refractivity contribution in [1.29, 1.82) is 0 Å². The van der Waals surface area contributed by atoms with Crippen LogP contribution < -0.4 is 5.32 Å². The molecule has 1 N–H and O–H groups in total. The number of carbonyl (C=O) groups excluding carboxylic acids is 1. The minimum absolute atomic E-state index is 0.00130. The number of hydrogen-bond donors (Lipinski definition) is 1. The minimum atomic E-state index is -0.00130. The molecule has 0 fully saturated rings. The third-order valence-electron chi connectivity index (χ3n) is 3.17. The number of nitrogens with one attached hydrogen (secondary N) is 1. The van der Waals surface area contributed by atoms with Crippen LogP contribution in [0.5, 0.6) is 0 Å². The van der Waals surface area contributed by atoms with Gasteiger partial charge in [-0.05, 0) is 24.1 Å². The Kier molecular flexibility index (Phi) is 2.22. The van der Waals surface area contributed by atoms with Gasteiger partial charge in [-0.15, -0.1) is 0 Å². The van der Waals surface area contributed by atoms with Crippen LogP contribution in [0.3, 0.4) is 0 Å². The van der Waals surface area contributed by atoms with E-state index in [9.17, 15) is 4.79 Å². The van der Waals surface area contributed by atoms with Crippen molar-refractivity contribution in [2.45, 2.75) is 13.0 Å². The molecule has 0 bridgehead atoms. The average Bonchev–Trinajstić information content (AvgIpc) is 2.68. The number of fused-ring (bicyclic) bond motifs is 1. The molecule has 1 amide bonds. The first-order valence-corrected chi connectivity index (χ1v) is 5.72. The van der Waals surface area contributed by atoms with E-state index in [-0.39, 0.29) is 11.9 Å². The molecule has 17 heavy (non-hydrogen) atoms. The minimum Gasteiger partial charge on any atom is -0.341 e. The van der Waals surface area contributed by atoms with Gasteiger partial charge in [0.25, 0.3) is 5.91 Å². The van der Waals surface area contributed by atoms with Crippen molar-refractivity contribution < 1.29 is 4.79 Å². The molecule has 1 heterocycles. The fourth-order valence-corrected chi connectivity index (χ4v) is 2.35. The van der Waals surface area contributed by atoms with Gasteiger partial charge in [0.1, 0.15) is 0 Å². The second-order valence-corrected chi connectivity index (χ2v) is 4.41. The van der Waals surface area contributed by atoms with E-state index in [1.165, 1.54) is 5.56 Å². The Bertz CT molecular complexity index is 589. The second kappa shape index (κ2) is 3.74. The highest BCUT2D eigenvalue weighted by molar-refractivity contribution is 5.99. The highest BCUT2D eigenvalue weighted by atomic mass is 16.2. The molecule has 2 aromatic rings. The molecule has 0 aromatic heterocycles. The van der Waals surface area contributed by atoms with Gasteiger partial charge in [0.15, 0.2) is 0 Å². The lowest BCUT2D eigenvalue weighted by Gasteiger charge is -2.12. The molecule has 0 radical (unpaired) electrons. The first-order chi connectivity index (χ1) is 8.25. The van der Waals surface area contributed by atoms with E-state index < -0.39 is 0 Å². The van der Waals surface area contributed by atoms with Crippen LogP contribution in [-0.2, 0) is 0 Å². The molecule has 1 aliphatic rings. The van der Waals surface area contributed by atoms with E-state index in [0.29, 0.717) is 0 Å². The van der Waals surface area contributed by atoms with Crippen molar-refractivity contribution in [3.8, 4) is 0 Å².